The van der Waals surface area contributed by atoms with E-state index >= 15 is 0 Å². The van der Waals surface area contributed by atoms with Crippen molar-refractivity contribution in [3.05, 3.63) is 70.5 Å². The van der Waals surface area contributed by atoms with E-state index in [-0.39, 0.29) is 29.5 Å². The monoisotopic (exact) mass is 385 g/mol. The summed E-state index contributed by atoms with van der Waals surface area (Å²) in [5.74, 6) is 0.509. The topological polar surface area (TPSA) is 99.6 Å². The van der Waals surface area contributed by atoms with E-state index in [9.17, 15) is 9.90 Å². The Kier molecular flexibility index (Phi) is 6.56. The number of hydrogen-bond donors (Lipinski definition) is 3. The molecule has 1 aromatic heterocycles. The maximum atomic E-state index is 12.0. The zero-order valence-electron chi connectivity index (χ0n) is 14.6. The fourth-order valence-corrected chi connectivity index (χ4v) is 2.50. The number of hydrogen-bond acceptors (Lipinski definition) is 6. The van der Waals surface area contributed by atoms with Gasteiger partial charge in [-0.15, -0.1) is 6.58 Å². The molecular weight excluding hydrogens is 368 g/mol. The van der Waals surface area contributed by atoms with E-state index in [1.165, 1.54) is 13.3 Å². The fraction of sp³-hybridized carbons (Fsp3) is 0.105. The van der Waals surface area contributed by atoms with Gasteiger partial charge < -0.3 is 27.2 Å². The lowest BCUT2D eigenvalue weighted by Crippen LogP contribution is -3.00. The number of ether oxygens (including phenoxy) is 1. The first-order chi connectivity index (χ1) is 12.6. The summed E-state index contributed by atoms with van der Waals surface area (Å²) >= 11 is 0. The molecule has 1 heterocycles. The summed E-state index contributed by atoms with van der Waals surface area (Å²) in [6.45, 7) is 3.67. The number of aromatic amines is 1. The molecule has 0 bridgehead atoms. The number of anilines is 1. The van der Waals surface area contributed by atoms with E-state index in [4.69, 9.17) is 4.74 Å². The van der Waals surface area contributed by atoms with Gasteiger partial charge in [-0.25, -0.2) is 4.98 Å². The lowest BCUT2D eigenvalue weighted by Gasteiger charge is -2.09. The van der Waals surface area contributed by atoms with Crippen LogP contribution in [-0.4, -0.2) is 28.4 Å². The number of aromatic hydroxyl groups is 1. The number of allylic oxidation sites excluding steroid dienone is 1. The molecule has 140 valence electrons. The van der Waals surface area contributed by atoms with Crippen LogP contribution in [0.1, 0.15) is 11.1 Å². The van der Waals surface area contributed by atoms with E-state index in [0.717, 1.165) is 0 Å². The van der Waals surface area contributed by atoms with E-state index in [2.05, 4.69) is 27.1 Å². The molecule has 7 nitrogen and oxygen atoms in total. The minimum Gasteiger partial charge on any atom is -1.00 e. The molecule has 0 aliphatic carbocycles. The van der Waals surface area contributed by atoms with Crippen molar-refractivity contribution in [2.24, 2.45) is 5.10 Å². The largest absolute Gasteiger partial charge is 1.00 e. The van der Waals surface area contributed by atoms with Crippen LogP contribution in [0.3, 0.4) is 0 Å². The van der Waals surface area contributed by atoms with Gasteiger partial charge in [0.05, 0.1) is 24.4 Å². The van der Waals surface area contributed by atoms with Crippen molar-refractivity contribution >= 4 is 23.1 Å². The minimum atomic E-state index is -0.364. The van der Waals surface area contributed by atoms with Crippen molar-refractivity contribution in [3.8, 4) is 11.5 Å². The zero-order valence-corrected chi connectivity index (χ0v) is 15.3. The van der Waals surface area contributed by atoms with Crippen LogP contribution in [0.25, 0.3) is 11.0 Å². The van der Waals surface area contributed by atoms with Gasteiger partial charge in [-0.1, -0.05) is 18.2 Å². The molecule has 0 radical (unpaired) electrons. The van der Waals surface area contributed by atoms with Gasteiger partial charge in [0.15, 0.2) is 11.5 Å². The maximum absolute atomic E-state index is 12.0. The van der Waals surface area contributed by atoms with Crippen LogP contribution >= 0.6 is 0 Å². The highest BCUT2D eigenvalue weighted by atomic mass is 35.5. The Bertz CT molecular complexity index is 1050. The molecule has 0 amide bonds. The third-order valence-corrected chi connectivity index (χ3v) is 3.74. The van der Waals surface area contributed by atoms with Crippen LogP contribution in [0, 0.1) is 0 Å². The van der Waals surface area contributed by atoms with E-state index in [0.29, 0.717) is 34.3 Å². The van der Waals surface area contributed by atoms with Crippen LogP contribution in [-0.2, 0) is 6.42 Å². The Morgan fingerprint density at radius 2 is 2.15 bits per heavy atom. The van der Waals surface area contributed by atoms with Crippen LogP contribution in [0.4, 0.5) is 5.82 Å². The quantitative estimate of drug-likeness (QED) is 0.310. The average molecular weight is 386 g/mol. The number of nitrogens with zero attached hydrogens (tertiary/aromatic N) is 2. The van der Waals surface area contributed by atoms with E-state index in [1.54, 1.807) is 30.3 Å². The number of H-pyrrole nitrogens is 1. The normalized spacial score (nSPS) is 10.6. The highest BCUT2D eigenvalue weighted by Gasteiger charge is 2.09. The van der Waals surface area contributed by atoms with Crippen LogP contribution < -0.4 is 28.1 Å². The van der Waals surface area contributed by atoms with Gasteiger partial charge >= 0.3 is 0 Å². The van der Waals surface area contributed by atoms with Crippen molar-refractivity contribution in [2.75, 3.05) is 12.5 Å². The van der Waals surface area contributed by atoms with Gasteiger partial charge in [0, 0.05) is 5.56 Å². The first-order valence-electron chi connectivity index (χ1n) is 7.91. The molecule has 3 aromatic rings. The number of nitrogens with one attached hydrogen (secondary N) is 2. The number of halogens is 1. The number of methoxy groups -OCH3 is 1. The Morgan fingerprint density at radius 3 is 2.89 bits per heavy atom. The van der Waals surface area contributed by atoms with Gasteiger partial charge in [0.1, 0.15) is 0 Å². The van der Waals surface area contributed by atoms with Crippen LogP contribution in [0.2, 0.25) is 0 Å². The molecule has 0 spiro atoms. The van der Waals surface area contributed by atoms with E-state index in [1.807, 2.05) is 12.1 Å². The first-order valence-corrected chi connectivity index (χ1v) is 7.91. The van der Waals surface area contributed by atoms with E-state index < -0.39 is 0 Å². The number of phenols is 1. The third kappa shape index (κ3) is 4.45. The second-order valence-electron chi connectivity index (χ2n) is 5.53. The second-order valence-corrected chi connectivity index (χ2v) is 5.53. The predicted octanol–water partition coefficient (Wildman–Crippen LogP) is -0.184. The van der Waals surface area contributed by atoms with Gasteiger partial charge in [-0.05, 0) is 36.2 Å². The number of hydrazone groups is 1. The molecule has 3 N–H and O–H groups in total. The van der Waals surface area contributed by atoms with Crippen LogP contribution in [0.15, 0.2) is 58.9 Å². The van der Waals surface area contributed by atoms with Crippen molar-refractivity contribution < 1.29 is 22.3 Å². The SMILES string of the molecule is C=CCc1cc(/C=N/Nc2nc3ccccc3[nH]c2=O)cc(OC)c1O.[Cl-]. The van der Waals surface area contributed by atoms with Crippen molar-refractivity contribution in [2.45, 2.75) is 6.42 Å². The average Bonchev–Trinajstić information content (AvgIpc) is 2.64. The molecule has 0 aliphatic rings. The standard InChI is InChI=1S/C19H18N4O3.ClH/c1-3-6-13-9-12(10-16(26-2)17(13)24)11-20-23-18-19(25)22-15-8-5-4-7-14(15)21-18;/h3-5,7-11,24H,1,6H2,2H3,(H,21,23)(H,22,25);1H/p-1/b20-11+;. The number of phenolic OH excluding ortho intramolecular Hbond substituents is 1. The number of benzene rings is 2. The Morgan fingerprint density at radius 1 is 1.37 bits per heavy atom. The summed E-state index contributed by atoms with van der Waals surface area (Å²) in [6.07, 6.45) is 3.69. The molecule has 0 fully saturated rings. The maximum Gasteiger partial charge on any atom is 0.293 e. The van der Waals surface area contributed by atoms with Gasteiger partial charge in [0.25, 0.3) is 5.56 Å². The van der Waals surface area contributed by atoms with Gasteiger partial charge in [0.2, 0.25) is 5.82 Å². The van der Waals surface area contributed by atoms with Crippen molar-refractivity contribution in [1.29, 1.82) is 0 Å². The molecule has 0 aliphatic heterocycles. The van der Waals surface area contributed by atoms with Crippen LogP contribution in [0.5, 0.6) is 11.5 Å². The molecular formula is C19H18ClN4O3-. The molecule has 0 atom stereocenters. The van der Waals surface area contributed by atoms with Gasteiger partial charge in [-0.2, -0.15) is 5.10 Å². The summed E-state index contributed by atoms with van der Waals surface area (Å²) in [4.78, 5) is 19.0. The summed E-state index contributed by atoms with van der Waals surface area (Å²) in [7, 11) is 1.48. The first kappa shape index (κ1) is 20.0. The molecule has 2 aromatic carbocycles. The smallest absolute Gasteiger partial charge is 0.293 e. The molecule has 3 rings (SSSR count). The predicted molar refractivity (Wildman–Crippen MR) is 102 cm³/mol. The highest BCUT2D eigenvalue weighted by molar-refractivity contribution is 5.82. The number of para-hydroxylation sites is 2. The fourth-order valence-electron chi connectivity index (χ4n) is 2.50. The molecule has 27 heavy (non-hydrogen) atoms. The lowest BCUT2D eigenvalue weighted by molar-refractivity contribution is -0.00000649. The summed E-state index contributed by atoms with van der Waals surface area (Å²) in [5, 5.41) is 14.2. The number of fused-ring (bicyclic) bond motifs is 1. The number of aromatic nitrogens is 2. The second kappa shape index (κ2) is 8.86. The highest BCUT2D eigenvalue weighted by Crippen LogP contribution is 2.31. The third-order valence-electron chi connectivity index (χ3n) is 3.74. The Balaban J connectivity index is 0.00000261. The molecule has 0 saturated heterocycles. The molecule has 0 unspecified atom stereocenters. The lowest BCUT2D eigenvalue weighted by atomic mass is 10.1. The summed E-state index contributed by atoms with van der Waals surface area (Å²) in [6, 6.07) is 10.6. The zero-order chi connectivity index (χ0) is 18.5. The Labute approximate surface area is 161 Å². The Hall–Kier alpha value is -3.32. The molecule has 0 saturated carbocycles. The summed E-state index contributed by atoms with van der Waals surface area (Å²) in [5.41, 5.74) is 4.96. The van der Waals surface area contributed by atoms with Gasteiger partial charge in [-0.3, -0.25) is 10.2 Å². The van der Waals surface area contributed by atoms with Crippen molar-refractivity contribution in [1.82, 2.24) is 9.97 Å². The minimum absolute atomic E-state index is 0. The summed E-state index contributed by atoms with van der Waals surface area (Å²) < 4.78 is 5.17. The molecule has 8 heteroatoms. The number of rotatable bonds is 6. The van der Waals surface area contributed by atoms with Crippen molar-refractivity contribution in [3.63, 3.8) is 0 Å².